The molecule has 8 nitrogen and oxygen atoms in total. The van der Waals surface area contributed by atoms with Crippen LogP contribution >= 0.6 is 0 Å². The van der Waals surface area contributed by atoms with Crippen molar-refractivity contribution in [1.82, 2.24) is 0 Å². The molecular formula is C38H29FeN6O2-5. The zero-order valence-electron chi connectivity index (χ0n) is 25.4. The molecule has 0 aromatic heterocycles. The standard InChI is InChI=1S/C21H15N3.C15H11N3.C2H4O2.Fe/c1-2-8-16(9-3-1)17-14-20(18-10-4-6-12-22-18)24-21(15-17)19-11-5-7-13-23-19;1-3-10-16-12(6-1)14-8-5-9-15(18-14)13-7-2-4-11-17-13;1-2(3)4;/h1-15H;1-11H;1H3,(H,3,4);/q2*-3;;+2/p-1/b20-18-;14-12-;;. The van der Waals surface area contributed by atoms with Crippen LogP contribution in [0.15, 0.2) is 192 Å². The first-order valence-corrected chi connectivity index (χ1v) is 14.4. The van der Waals surface area contributed by atoms with E-state index in [1.165, 1.54) is 0 Å². The quantitative estimate of drug-likeness (QED) is 0.301. The van der Waals surface area contributed by atoms with Crippen LogP contribution in [0.25, 0.3) is 37.5 Å². The van der Waals surface area contributed by atoms with E-state index in [-0.39, 0.29) is 17.1 Å². The molecule has 0 bridgehead atoms. The molecule has 6 aliphatic heterocycles. The van der Waals surface area contributed by atoms with Crippen molar-refractivity contribution in [3.05, 3.63) is 242 Å². The van der Waals surface area contributed by atoms with Gasteiger partial charge in [0.25, 0.3) is 0 Å². The van der Waals surface area contributed by atoms with Gasteiger partial charge in [-0.15, -0.1) is 25.2 Å². The number of aliphatic carboxylic acids is 1. The van der Waals surface area contributed by atoms with E-state index in [1.807, 2.05) is 109 Å². The second-order valence-corrected chi connectivity index (χ2v) is 9.75. The minimum Gasteiger partial charge on any atom is -0.680 e. The molecular weight excluding hydrogens is 628 g/mol. The summed E-state index contributed by atoms with van der Waals surface area (Å²) in [6.07, 6.45) is 36.9. The minimum absolute atomic E-state index is 0. The maximum absolute atomic E-state index is 8.89. The Bertz CT molecular complexity index is 1760. The smallest absolute Gasteiger partial charge is 0.680 e. The summed E-state index contributed by atoms with van der Waals surface area (Å²) in [7, 11) is 0. The summed E-state index contributed by atoms with van der Waals surface area (Å²) < 4.78 is 0. The van der Waals surface area contributed by atoms with Gasteiger partial charge in [0.15, 0.2) is 0 Å². The van der Waals surface area contributed by atoms with Gasteiger partial charge < -0.3 is 41.8 Å². The van der Waals surface area contributed by atoms with Crippen molar-refractivity contribution in [3.8, 4) is 0 Å². The zero-order valence-corrected chi connectivity index (χ0v) is 26.5. The summed E-state index contributed by atoms with van der Waals surface area (Å²) in [4.78, 5) is 8.89. The van der Waals surface area contributed by atoms with Crippen molar-refractivity contribution in [2.45, 2.75) is 6.92 Å². The average molecular weight is 658 g/mol. The molecule has 0 saturated heterocycles. The van der Waals surface area contributed by atoms with Gasteiger partial charge in [0, 0.05) is 5.97 Å². The molecule has 0 N–H and O–H groups in total. The molecule has 236 valence electrons. The molecule has 0 saturated carbocycles. The first kappa shape index (κ1) is 34.2. The van der Waals surface area contributed by atoms with Crippen molar-refractivity contribution in [3.63, 3.8) is 0 Å². The van der Waals surface area contributed by atoms with Gasteiger partial charge in [0.05, 0.1) is 0 Å². The number of rotatable bonds is 3. The van der Waals surface area contributed by atoms with Crippen LogP contribution < -0.4 is 5.11 Å². The van der Waals surface area contributed by atoms with Gasteiger partial charge >= 0.3 is 17.1 Å². The number of carbonyl (C=O) groups excluding carboxylic acids is 1. The molecule has 9 heteroatoms. The number of nitrogens with zero attached hydrogens (tertiary/aromatic N) is 6. The van der Waals surface area contributed by atoms with E-state index in [0.29, 0.717) is 0 Å². The average Bonchev–Trinajstić information content (AvgIpc) is 3.13. The molecule has 0 atom stereocenters. The van der Waals surface area contributed by atoms with Crippen LogP contribution in [0.3, 0.4) is 0 Å². The van der Waals surface area contributed by atoms with Gasteiger partial charge in [0.1, 0.15) is 0 Å². The van der Waals surface area contributed by atoms with Gasteiger partial charge in [-0.3, -0.25) is 0 Å². The van der Waals surface area contributed by atoms with Gasteiger partial charge in [-0.25, -0.2) is 0 Å². The normalized spacial score (nSPS) is 21.3. The van der Waals surface area contributed by atoms with Gasteiger partial charge in [0.2, 0.25) is 0 Å². The molecule has 1 aromatic carbocycles. The number of hydrogen-bond donors (Lipinski definition) is 0. The molecule has 47 heavy (non-hydrogen) atoms. The first-order valence-electron chi connectivity index (χ1n) is 14.4. The van der Waals surface area contributed by atoms with E-state index >= 15 is 0 Å². The van der Waals surface area contributed by atoms with E-state index in [9.17, 15) is 0 Å². The van der Waals surface area contributed by atoms with E-state index < -0.39 is 5.97 Å². The first-order chi connectivity index (χ1) is 22.6. The molecule has 1 aromatic rings. The van der Waals surface area contributed by atoms with Crippen LogP contribution in [0, 0.1) is 13.1 Å². The number of carbonyl (C=O) groups is 1. The fraction of sp³-hybridized carbons (Fsp3) is 0.0263. The van der Waals surface area contributed by atoms with E-state index in [4.69, 9.17) is 15.2 Å². The molecule has 0 amide bonds. The Morgan fingerprint density at radius 1 is 0.553 bits per heavy atom. The van der Waals surface area contributed by atoms with Gasteiger partial charge in [-0.05, 0) is 18.1 Å². The second kappa shape index (κ2) is 17.8. The number of hydrogen-bond acceptors (Lipinski definition) is 2. The van der Waals surface area contributed by atoms with Crippen LogP contribution in [0.5, 0.6) is 0 Å². The molecule has 0 unspecified atom stereocenters. The van der Waals surface area contributed by atoms with Crippen molar-refractivity contribution >= 4 is 11.5 Å². The van der Waals surface area contributed by atoms with Gasteiger partial charge in [-0.2, -0.15) is 58.0 Å². The fourth-order valence-corrected chi connectivity index (χ4v) is 4.37. The topological polar surface area (TPSA) is 125 Å². The summed E-state index contributed by atoms with van der Waals surface area (Å²) in [6, 6.07) is 10.3. The summed E-state index contributed by atoms with van der Waals surface area (Å²) in [5.41, 5.74) is 9.11. The molecule has 0 spiro atoms. The zero-order chi connectivity index (χ0) is 32.0. The van der Waals surface area contributed by atoms with Gasteiger partial charge in [-0.1, -0.05) is 121 Å². The van der Waals surface area contributed by atoms with Crippen molar-refractivity contribution in [2.24, 2.45) is 0 Å². The molecule has 0 aliphatic carbocycles. The van der Waals surface area contributed by atoms with Crippen LogP contribution in [-0.4, -0.2) is 5.97 Å². The third kappa shape index (κ3) is 10.2. The van der Waals surface area contributed by atoms with Crippen LogP contribution in [-0.2, 0) is 21.9 Å². The summed E-state index contributed by atoms with van der Waals surface area (Å²) >= 11 is 0. The monoisotopic (exact) mass is 657 g/mol. The molecule has 0 fully saturated rings. The number of carboxylic acids is 1. The molecule has 6 aliphatic rings. The van der Waals surface area contributed by atoms with Crippen LogP contribution in [0.4, 0.5) is 0 Å². The number of allylic oxidation sites excluding steroid dienone is 16. The van der Waals surface area contributed by atoms with Crippen LogP contribution in [0.2, 0.25) is 0 Å². The fourth-order valence-electron chi connectivity index (χ4n) is 4.37. The molecule has 6 heterocycles. The minimum atomic E-state index is -1.08. The van der Waals surface area contributed by atoms with Crippen molar-refractivity contribution in [1.29, 1.82) is 0 Å². The predicted octanol–water partition coefficient (Wildman–Crippen LogP) is 9.22. The Kier molecular flexibility index (Phi) is 12.9. The second-order valence-electron chi connectivity index (χ2n) is 9.75. The van der Waals surface area contributed by atoms with E-state index in [0.717, 1.165) is 63.6 Å². The van der Waals surface area contributed by atoms with Crippen molar-refractivity contribution in [2.75, 3.05) is 0 Å². The Morgan fingerprint density at radius 2 is 1.09 bits per heavy atom. The SMILES string of the molecule is CC(=O)[O-].[CH]1C=CC=C(C2=CC(c3ccccc3)=C/C(=C3\C=CC=C[N-]3)[N-]2)[N-]1.[CH]1C=CC=C(C2=CC=C/C(=C3\C=CC=C[N-]3)[N-]2)[N-]1.[Fe+2]. The summed E-state index contributed by atoms with van der Waals surface area (Å²) in [5, 5.41) is 35.7. The molecule has 7 rings (SSSR count). The Labute approximate surface area is 286 Å². The molecule has 2 radical (unpaired) electrons. The number of benzene rings is 1. The summed E-state index contributed by atoms with van der Waals surface area (Å²) in [6.45, 7) is 4.52. The van der Waals surface area contributed by atoms with Crippen molar-refractivity contribution < 1.29 is 27.0 Å². The largest absolute Gasteiger partial charge is 2.00 e. The predicted molar refractivity (Wildman–Crippen MR) is 184 cm³/mol. The Hall–Kier alpha value is -5.63. The maximum atomic E-state index is 8.89. The third-order valence-electron chi connectivity index (χ3n) is 6.39. The third-order valence-corrected chi connectivity index (χ3v) is 6.39. The van der Waals surface area contributed by atoms with E-state index in [2.05, 4.69) is 50.9 Å². The summed E-state index contributed by atoms with van der Waals surface area (Å²) in [5.74, 6) is -1.08. The Balaban J connectivity index is 0.000000193. The van der Waals surface area contributed by atoms with E-state index in [1.54, 1.807) is 25.5 Å². The number of carboxylic acid groups (broad SMARTS) is 1. The Morgan fingerprint density at radius 3 is 1.64 bits per heavy atom. The maximum Gasteiger partial charge on any atom is 2.00 e. The van der Waals surface area contributed by atoms with Crippen LogP contribution in [0.1, 0.15) is 12.5 Å².